The molecule has 0 unspecified atom stereocenters. The lowest BCUT2D eigenvalue weighted by Gasteiger charge is -2.35. The molecule has 7 nitrogen and oxygen atoms in total. The molecule has 0 radical (unpaired) electrons. The summed E-state index contributed by atoms with van der Waals surface area (Å²) >= 11 is 13.0. The van der Waals surface area contributed by atoms with E-state index in [1.807, 2.05) is 58.0 Å². The van der Waals surface area contributed by atoms with Gasteiger partial charge in [-0.2, -0.15) is 0 Å². The first-order valence-corrected chi connectivity index (χ1v) is 15.4. The zero-order chi connectivity index (χ0) is 29.7. The minimum Gasteiger partial charge on any atom is -0.350 e. The molecule has 0 aliphatic heterocycles. The Bertz CT molecular complexity index is 1420. The molecule has 0 spiro atoms. The van der Waals surface area contributed by atoms with E-state index in [0.29, 0.717) is 21.3 Å². The summed E-state index contributed by atoms with van der Waals surface area (Å²) in [7, 11) is -3.85. The van der Waals surface area contributed by atoms with E-state index in [-0.39, 0.29) is 18.9 Å². The Kier molecular flexibility index (Phi) is 10.3. The number of carbonyl (C=O) groups is 2. The van der Waals surface area contributed by atoms with Crippen LogP contribution in [0.25, 0.3) is 0 Å². The average molecular weight is 605 g/mol. The van der Waals surface area contributed by atoms with Gasteiger partial charge in [-0.25, -0.2) is 8.42 Å². The third-order valence-corrected chi connectivity index (χ3v) is 8.01. The van der Waals surface area contributed by atoms with E-state index in [4.69, 9.17) is 23.2 Å². The molecule has 3 rings (SSSR count). The Balaban J connectivity index is 2.11. The predicted octanol–water partition coefficient (Wildman–Crippen LogP) is 5.62. The molecule has 0 aromatic heterocycles. The van der Waals surface area contributed by atoms with Crippen molar-refractivity contribution in [2.45, 2.75) is 52.2 Å². The molecule has 0 saturated carbocycles. The molecule has 10 heteroatoms. The van der Waals surface area contributed by atoms with Crippen LogP contribution >= 0.6 is 23.2 Å². The van der Waals surface area contributed by atoms with Gasteiger partial charge in [-0.1, -0.05) is 77.3 Å². The van der Waals surface area contributed by atoms with Crippen LogP contribution < -0.4 is 9.62 Å². The van der Waals surface area contributed by atoms with Gasteiger partial charge in [-0.15, -0.1) is 0 Å². The maximum atomic E-state index is 14.1. The van der Waals surface area contributed by atoms with Gasteiger partial charge < -0.3 is 10.2 Å². The second kappa shape index (κ2) is 13.1. The van der Waals surface area contributed by atoms with Crippen LogP contribution in [-0.4, -0.2) is 49.5 Å². The third kappa shape index (κ3) is 8.71. The van der Waals surface area contributed by atoms with Gasteiger partial charge in [0.05, 0.1) is 11.9 Å². The summed E-state index contributed by atoms with van der Waals surface area (Å²) in [6, 6.07) is 20.2. The largest absolute Gasteiger partial charge is 0.350 e. The predicted molar refractivity (Wildman–Crippen MR) is 162 cm³/mol. The fraction of sp³-hybridized carbons (Fsp3) is 0.333. The summed E-state index contributed by atoms with van der Waals surface area (Å²) in [6.07, 6.45) is 1.24. The van der Waals surface area contributed by atoms with Crippen molar-refractivity contribution >= 4 is 50.7 Å². The van der Waals surface area contributed by atoms with Crippen LogP contribution in [-0.2, 0) is 32.6 Å². The van der Waals surface area contributed by atoms with E-state index >= 15 is 0 Å². The minimum atomic E-state index is -3.85. The number of nitrogens with zero attached hydrogens (tertiary/aromatic N) is 2. The first-order chi connectivity index (χ1) is 18.7. The highest BCUT2D eigenvalue weighted by Crippen LogP contribution is 2.28. The average Bonchev–Trinajstić information content (AvgIpc) is 2.85. The smallest absolute Gasteiger partial charge is 0.244 e. The van der Waals surface area contributed by atoms with Gasteiger partial charge in [-0.05, 0) is 57.5 Å². The van der Waals surface area contributed by atoms with Crippen LogP contribution in [0.5, 0.6) is 0 Å². The van der Waals surface area contributed by atoms with E-state index < -0.39 is 34.1 Å². The molecule has 0 fully saturated rings. The first kappa shape index (κ1) is 31.5. The number of rotatable bonds is 10. The summed E-state index contributed by atoms with van der Waals surface area (Å²) in [4.78, 5) is 29.2. The van der Waals surface area contributed by atoms with Gasteiger partial charge in [0, 0.05) is 34.1 Å². The molecule has 0 aliphatic carbocycles. The number of nitrogens with one attached hydrogen (secondary N) is 1. The van der Waals surface area contributed by atoms with Crippen LogP contribution in [0.1, 0.15) is 37.5 Å². The molecule has 1 atom stereocenters. The van der Waals surface area contributed by atoms with Gasteiger partial charge in [-0.3, -0.25) is 13.9 Å². The number of anilines is 1. The lowest BCUT2D eigenvalue weighted by atomic mass is 10.0. The van der Waals surface area contributed by atoms with Crippen molar-refractivity contribution in [3.8, 4) is 0 Å². The Morgan fingerprint density at radius 2 is 1.48 bits per heavy atom. The van der Waals surface area contributed by atoms with Crippen LogP contribution in [0.2, 0.25) is 10.0 Å². The quantitative estimate of drug-likeness (QED) is 0.326. The number of hydrogen-bond donors (Lipinski definition) is 1. The fourth-order valence-corrected chi connectivity index (χ4v) is 5.55. The number of benzene rings is 3. The molecular weight excluding hydrogens is 569 g/mol. The summed E-state index contributed by atoms with van der Waals surface area (Å²) < 4.78 is 26.8. The topological polar surface area (TPSA) is 86.8 Å². The molecule has 0 heterocycles. The standard InChI is InChI=1S/C30H35Cl2N3O4S/c1-21-14-16-23(17-15-21)35(40(5,38)39)20-28(36)34(19-24-25(31)12-9-13-26(24)32)27(29(37)33-30(2,3)4)18-22-10-7-6-8-11-22/h6-17,27H,18-20H2,1-5H3,(H,33,37)/t27-/m0/s1. The first-order valence-electron chi connectivity index (χ1n) is 12.8. The van der Waals surface area contributed by atoms with Crippen molar-refractivity contribution < 1.29 is 18.0 Å². The van der Waals surface area contributed by atoms with Crippen LogP contribution in [0.4, 0.5) is 5.69 Å². The van der Waals surface area contributed by atoms with Crippen molar-refractivity contribution in [3.63, 3.8) is 0 Å². The van der Waals surface area contributed by atoms with Crippen molar-refractivity contribution in [2.24, 2.45) is 0 Å². The zero-order valence-corrected chi connectivity index (χ0v) is 25.6. The molecule has 2 amide bonds. The monoisotopic (exact) mass is 603 g/mol. The Morgan fingerprint density at radius 3 is 2.00 bits per heavy atom. The number of amides is 2. The van der Waals surface area contributed by atoms with Crippen LogP contribution in [0.15, 0.2) is 72.8 Å². The molecule has 1 N–H and O–H groups in total. The number of hydrogen-bond acceptors (Lipinski definition) is 4. The number of sulfonamides is 1. The summed E-state index contributed by atoms with van der Waals surface area (Å²) in [5.74, 6) is -0.957. The number of halogens is 2. The Morgan fingerprint density at radius 1 is 0.900 bits per heavy atom. The minimum absolute atomic E-state index is 0.0993. The van der Waals surface area contributed by atoms with E-state index in [1.54, 1.807) is 42.5 Å². The second-order valence-electron chi connectivity index (χ2n) is 10.8. The Labute approximate surface area is 247 Å². The second-order valence-corrected chi connectivity index (χ2v) is 13.5. The molecule has 3 aromatic carbocycles. The lowest BCUT2D eigenvalue weighted by Crippen LogP contribution is -2.56. The zero-order valence-electron chi connectivity index (χ0n) is 23.3. The van der Waals surface area contributed by atoms with Gasteiger partial charge in [0.15, 0.2) is 0 Å². The summed E-state index contributed by atoms with van der Waals surface area (Å²) in [5.41, 5.74) is 2.00. The van der Waals surface area contributed by atoms with Crippen LogP contribution in [0, 0.1) is 6.92 Å². The van der Waals surface area contributed by atoms with E-state index in [9.17, 15) is 18.0 Å². The SMILES string of the molecule is Cc1ccc(N(CC(=O)N(Cc2c(Cl)cccc2Cl)[C@@H](Cc2ccccc2)C(=O)NC(C)(C)C)S(C)(=O)=O)cc1. The normalized spacial score (nSPS) is 12.5. The maximum Gasteiger partial charge on any atom is 0.244 e. The van der Waals surface area contributed by atoms with Gasteiger partial charge in [0.1, 0.15) is 12.6 Å². The Hall–Kier alpha value is -3.07. The maximum absolute atomic E-state index is 14.1. The molecule has 0 saturated heterocycles. The van der Waals surface area contributed by atoms with Crippen molar-refractivity contribution in [3.05, 3.63) is 99.5 Å². The van der Waals surface area contributed by atoms with Crippen molar-refractivity contribution in [2.75, 3.05) is 17.1 Å². The molecule has 0 aliphatic rings. The van der Waals surface area contributed by atoms with Gasteiger partial charge in [0.25, 0.3) is 0 Å². The van der Waals surface area contributed by atoms with Crippen molar-refractivity contribution in [1.29, 1.82) is 0 Å². The number of carbonyl (C=O) groups excluding carboxylic acids is 2. The summed E-state index contributed by atoms with van der Waals surface area (Å²) in [5, 5.41) is 3.64. The van der Waals surface area contributed by atoms with E-state index in [1.165, 1.54) is 4.90 Å². The summed E-state index contributed by atoms with van der Waals surface area (Å²) in [6.45, 7) is 6.83. The van der Waals surface area contributed by atoms with E-state index in [0.717, 1.165) is 21.7 Å². The van der Waals surface area contributed by atoms with Crippen molar-refractivity contribution in [1.82, 2.24) is 10.2 Å². The highest BCUT2D eigenvalue weighted by molar-refractivity contribution is 7.92. The number of aryl methyl sites for hydroxylation is 1. The third-order valence-electron chi connectivity index (χ3n) is 6.16. The van der Waals surface area contributed by atoms with E-state index in [2.05, 4.69) is 5.32 Å². The fourth-order valence-electron chi connectivity index (χ4n) is 4.19. The van der Waals surface area contributed by atoms with Crippen LogP contribution in [0.3, 0.4) is 0 Å². The molecule has 40 heavy (non-hydrogen) atoms. The molecule has 214 valence electrons. The molecular formula is C30H35Cl2N3O4S. The highest BCUT2D eigenvalue weighted by atomic mass is 35.5. The highest BCUT2D eigenvalue weighted by Gasteiger charge is 2.35. The van der Waals surface area contributed by atoms with Gasteiger partial charge in [0.2, 0.25) is 21.8 Å². The van der Waals surface area contributed by atoms with Gasteiger partial charge >= 0.3 is 0 Å². The lowest BCUT2D eigenvalue weighted by molar-refractivity contribution is -0.140. The molecule has 0 bridgehead atoms. The molecule has 3 aromatic rings.